The number of carbonyl (C=O) groups is 4. The lowest BCUT2D eigenvalue weighted by Gasteiger charge is -2.13. The zero-order chi connectivity index (χ0) is 22.7. The molecule has 0 saturated heterocycles. The van der Waals surface area contributed by atoms with Crippen molar-refractivity contribution in [2.24, 2.45) is 0 Å². The molecule has 32 heavy (non-hydrogen) atoms. The summed E-state index contributed by atoms with van der Waals surface area (Å²) in [5, 5.41) is 0. The second-order valence-electron chi connectivity index (χ2n) is 7.14. The topological polar surface area (TPSA) is 90.0 Å². The number of Topliss-reactive ketones (excluding diaryl/α,β-unsaturated/α-hetero) is 1. The third kappa shape index (κ3) is 4.00. The van der Waals surface area contributed by atoms with Crippen LogP contribution in [0.4, 0.5) is 0 Å². The number of carbonyl (C=O) groups excluding carboxylic acids is 4. The van der Waals surface area contributed by atoms with Crippen molar-refractivity contribution in [2.75, 3.05) is 13.7 Å². The minimum Gasteiger partial charge on any atom is -0.496 e. The first-order valence-electron chi connectivity index (χ1n) is 9.87. The first kappa shape index (κ1) is 21.0. The van der Waals surface area contributed by atoms with Crippen LogP contribution < -0.4 is 4.74 Å². The number of para-hydroxylation sites is 1. The van der Waals surface area contributed by atoms with Gasteiger partial charge in [0.25, 0.3) is 11.8 Å². The Labute approximate surface area is 184 Å². The summed E-state index contributed by atoms with van der Waals surface area (Å²) < 4.78 is 10.3. The van der Waals surface area contributed by atoms with E-state index in [-0.39, 0.29) is 23.2 Å². The van der Waals surface area contributed by atoms with E-state index in [1.54, 1.807) is 24.3 Å². The summed E-state index contributed by atoms with van der Waals surface area (Å²) in [5.41, 5.74) is 1.56. The molecule has 0 aromatic heterocycles. The SMILES string of the molecule is COc1ccccc1C(=O)COC(=O)c1ccc2c(c1)C(=O)N(Cc1ccccc1)C2=O. The van der Waals surface area contributed by atoms with Crippen molar-refractivity contribution in [1.82, 2.24) is 4.90 Å². The van der Waals surface area contributed by atoms with Crippen molar-refractivity contribution in [3.63, 3.8) is 0 Å². The van der Waals surface area contributed by atoms with E-state index in [1.165, 1.54) is 25.3 Å². The largest absolute Gasteiger partial charge is 0.496 e. The molecular formula is C25H19NO6. The Hall–Kier alpha value is -4.26. The lowest BCUT2D eigenvalue weighted by Crippen LogP contribution is -2.29. The maximum absolute atomic E-state index is 12.8. The summed E-state index contributed by atoms with van der Waals surface area (Å²) in [7, 11) is 1.45. The number of hydrogen-bond donors (Lipinski definition) is 0. The molecular weight excluding hydrogens is 410 g/mol. The van der Waals surface area contributed by atoms with Crippen molar-refractivity contribution in [3.8, 4) is 5.75 Å². The average Bonchev–Trinajstić information content (AvgIpc) is 3.07. The monoisotopic (exact) mass is 429 g/mol. The third-order valence-corrected chi connectivity index (χ3v) is 5.13. The molecule has 0 fully saturated rings. The fourth-order valence-corrected chi connectivity index (χ4v) is 3.49. The third-order valence-electron chi connectivity index (χ3n) is 5.13. The number of esters is 1. The van der Waals surface area contributed by atoms with Crippen molar-refractivity contribution in [1.29, 1.82) is 0 Å². The van der Waals surface area contributed by atoms with Gasteiger partial charge < -0.3 is 9.47 Å². The van der Waals surface area contributed by atoms with Gasteiger partial charge in [-0.3, -0.25) is 19.3 Å². The predicted octanol–water partition coefficient (Wildman–Crippen LogP) is 3.53. The predicted molar refractivity (Wildman–Crippen MR) is 115 cm³/mol. The van der Waals surface area contributed by atoms with Gasteiger partial charge in [-0.1, -0.05) is 42.5 Å². The first-order valence-corrected chi connectivity index (χ1v) is 9.87. The van der Waals surface area contributed by atoms with E-state index in [9.17, 15) is 19.2 Å². The Morgan fingerprint density at radius 3 is 2.28 bits per heavy atom. The highest BCUT2D eigenvalue weighted by molar-refractivity contribution is 6.21. The molecule has 1 aliphatic heterocycles. The molecule has 2 amide bonds. The average molecular weight is 429 g/mol. The smallest absolute Gasteiger partial charge is 0.338 e. The number of nitrogens with zero attached hydrogens (tertiary/aromatic N) is 1. The van der Waals surface area contributed by atoms with E-state index in [0.717, 1.165) is 10.5 Å². The van der Waals surface area contributed by atoms with Gasteiger partial charge in [0.2, 0.25) is 5.78 Å². The number of ketones is 1. The summed E-state index contributed by atoms with van der Waals surface area (Å²) in [6, 6.07) is 19.9. The number of fused-ring (bicyclic) bond motifs is 1. The molecule has 1 aliphatic rings. The van der Waals surface area contributed by atoms with Crippen molar-refractivity contribution >= 4 is 23.6 Å². The van der Waals surface area contributed by atoms with E-state index in [2.05, 4.69) is 0 Å². The maximum Gasteiger partial charge on any atom is 0.338 e. The highest BCUT2D eigenvalue weighted by atomic mass is 16.5. The molecule has 4 rings (SSSR count). The van der Waals surface area contributed by atoms with E-state index in [4.69, 9.17) is 9.47 Å². The lowest BCUT2D eigenvalue weighted by atomic mass is 10.1. The molecule has 3 aromatic rings. The molecule has 0 aliphatic carbocycles. The molecule has 0 atom stereocenters. The quantitative estimate of drug-likeness (QED) is 0.324. The standard InChI is InChI=1S/C25H19NO6/c1-31-22-10-6-5-9-19(22)21(27)15-32-25(30)17-11-12-18-20(13-17)24(29)26(23(18)28)14-16-7-3-2-4-8-16/h2-13H,14-15H2,1H3. The number of ether oxygens (including phenoxy) is 2. The summed E-state index contributed by atoms with van der Waals surface area (Å²) in [6.45, 7) is -0.344. The van der Waals surface area contributed by atoms with E-state index in [1.807, 2.05) is 30.3 Å². The Bertz CT molecular complexity index is 1220. The Morgan fingerprint density at radius 1 is 0.844 bits per heavy atom. The van der Waals surface area contributed by atoms with Crippen LogP contribution in [0.1, 0.15) is 47.0 Å². The van der Waals surface area contributed by atoms with Crippen LogP contribution in [0.2, 0.25) is 0 Å². The minimum atomic E-state index is -0.766. The molecule has 0 radical (unpaired) electrons. The van der Waals surface area contributed by atoms with Gasteiger partial charge in [-0.15, -0.1) is 0 Å². The van der Waals surface area contributed by atoms with E-state index < -0.39 is 30.2 Å². The fourth-order valence-electron chi connectivity index (χ4n) is 3.49. The fraction of sp³-hybridized carbons (Fsp3) is 0.120. The number of benzene rings is 3. The Balaban J connectivity index is 1.47. The van der Waals surface area contributed by atoms with Gasteiger partial charge in [0.15, 0.2) is 6.61 Å². The summed E-state index contributed by atoms with van der Waals surface area (Å²) in [4.78, 5) is 51.5. The Morgan fingerprint density at radius 2 is 1.53 bits per heavy atom. The number of rotatable bonds is 7. The van der Waals surface area contributed by atoms with Crippen LogP contribution in [0.25, 0.3) is 0 Å². The van der Waals surface area contributed by atoms with Crippen LogP contribution in [0.15, 0.2) is 72.8 Å². The van der Waals surface area contributed by atoms with Crippen LogP contribution in [-0.2, 0) is 11.3 Å². The molecule has 3 aromatic carbocycles. The molecule has 0 N–H and O–H groups in total. The van der Waals surface area contributed by atoms with Gasteiger partial charge >= 0.3 is 5.97 Å². The molecule has 0 saturated carbocycles. The highest BCUT2D eigenvalue weighted by Crippen LogP contribution is 2.26. The van der Waals surface area contributed by atoms with Crippen molar-refractivity contribution < 1.29 is 28.7 Å². The Kier molecular flexibility index (Phi) is 5.81. The number of imide groups is 1. The molecule has 0 unspecified atom stereocenters. The normalized spacial score (nSPS) is 12.5. The highest BCUT2D eigenvalue weighted by Gasteiger charge is 2.36. The van der Waals surface area contributed by atoms with Crippen LogP contribution in [0, 0.1) is 0 Å². The number of hydrogen-bond acceptors (Lipinski definition) is 6. The second-order valence-corrected chi connectivity index (χ2v) is 7.14. The van der Waals surface area contributed by atoms with Crippen LogP contribution >= 0.6 is 0 Å². The van der Waals surface area contributed by atoms with Crippen molar-refractivity contribution in [3.05, 3.63) is 101 Å². The van der Waals surface area contributed by atoms with Gasteiger partial charge in [0.05, 0.1) is 35.9 Å². The van der Waals surface area contributed by atoms with Crippen LogP contribution in [0.3, 0.4) is 0 Å². The van der Waals surface area contributed by atoms with E-state index in [0.29, 0.717) is 11.3 Å². The van der Waals surface area contributed by atoms with Gasteiger partial charge in [0, 0.05) is 0 Å². The molecule has 7 heteroatoms. The van der Waals surface area contributed by atoms with Gasteiger partial charge in [-0.05, 0) is 35.9 Å². The maximum atomic E-state index is 12.8. The summed E-state index contributed by atoms with van der Waals surface area (Å²) in [6.07, 6.45) is 0. The molecule has 1 heterocycles. The summed E-state index contributed by atoms with van der Waals surface area (Å²) >= 11 is 0. The number of methoxy groups -OCH3 is 1. The zero-order valence-corrected chi connectivity index (χ0v) is 17.2. The summed E-state index contributed by atoms with van der Waals surface area (Å²) in [5.74, 6) is -1.70. The van der Waals surface area contributed by atoms with E-state index >= 15 is 0 Å². The van der Waals surface area contributed by atoms with Gasteiger partial charge in [-0.25, -0.2) is 4.79 Å². The first-order chi connectivity index (χ1) is 15.5. The van der Waals surface area contributed by atoms with Crippen LogP contribution in [-0.4, -0.2) is 42.2 Å². The van der Waals surface area contributed by atoms with Gasteiger partial charge in [-0.2, -0.15) is 0 Å². The van der Waals surface area contributed by atoms with Crippen molar-refractivity contribution in [2.45, 2.75) is 6.54 Å². The lowest BCUT2D eigenvalue weighted by molar-refractivity contribution is 0.0474. The zero-order valence-electron chi connectivity index (χ0n) is 17.2. The molecule has 0 spiro atoms. The second kappa shape index (κ2) is 8.85. The number of amides is 2. The molecule has 160 valence electrons. The van der Waals surface area contributed by atoms with Gasteiger partial charge in [0.1, 0.15) is 5.75 Å². The molecule has 0 bridgehead atoms. The molecule has 7 nitrogen and oxygen atoms in total. The minimum absolute atomic E-state index is 0.0827. The van der Waals surface area contributed by atoms with Crippen LogP contribution in [0.5, 0.6) is 5.75 Å².